The molecule has 0 bridgehead atoms. The van der Waals surface area contributed by atoms with E-state index in [1.807, 2.05) is 6.07 Å². The van der Waals surface area contributed by atoms with Crippen LogP contribution in [0.15, 0.2) is 29.3 Å². The molecule has 1 fully saturated rings. The first kappa shape index (κ1) is 21.2. The number of likely N-dealkylation sites (N-methyl/N-ethyl adjacent to an activating group) is 1. The van der Waals surface area contributed by atoms with Gasteiger partial charge in [-0.2, -0.15) is 0 Å². The van der Waals surface area contributed by atoms with Gasteiger partial charge >= 0.3 is 0 Å². The number of piperazine rings is 1. The number of carbonyl (C=O) groups excluding carboxylic acids is 1. The fourth-order valence-corrected chi connectivity index (χ4v) is 2.94. The molecular formula is C20H32FN5O. The van der Waals surface area contributed by atoms with E-state index in [-0.39, 0.29) is 18.3 Å². The molecule has 1 amide bonds. The van der Waals surface area contributed by atoms with Crippen molar-refractivity contribution in [2.75, 3.05) is 53.4 Å². The second-order valence-electron chi connectivity index (χ2n) is 7.10. The Morgan fingerprint density at radius 3 is 2.63 bits per heavy atom. The zero-order valence-electron chi connectivity index (χ0n) is 16.7. The maximum Gasteiger partial charge on any atom is 0.243 e. The van der Waals surface area contributed by atoms with Crippen molar-refractivity contribution in [3.63, 3.8) is 0 Å². The molecule has 1 aromatic carbocycles. The first-order valence-electron chi connectivity index (χ1n) is 9.69. The molecule has 0 saturated carbocycles. The number of benzene rings is 1. The van der Waals surface area contributed by atoms with Crippen LogP contribution in [-0.4, -0.2) is 79.9 Å². The van der Waals surface area contributed by atoms with Gasteiger partial charge in [0.15, 0.2) is 5.96 Å². The number of carbonyl (C=O) groups is 1. The first-order valence-corrected chi connectivity index (χ1v) is 9.69. The van der Waals surface area contributed by atoms with Crippen molar-refractivity contribution in [1.82, 2.24) is 20.0 Å². The summed E-state index contributed by atoms with van der Waals surface area (Å²) < 4.78 is 13.4. The van der Waals surface area contributed by atoms with Crippen molar-refractivity contribution < 1.29 is 9.18 Å². The molecule has 0 aromatic heterocycles. The lowest BCUT2D eigenvalue weighted by atomic mass is 10.2. The maximum absolute atomic E-state index is 13.4. The summed E-state index contributed by atoms with van der Waals surface area (Å²) in [7, 11) is 3.49. The summed E-state index contributed by atoms with van der Waals surface area (Å²) in [5, 5.41) is 3.39. The van der Waals surface area contributed by atoms with Crippen LogP contribution >= 0.6 is 0 Å². The fraction of sp³-hybridized carbons (Fsp3) is 0.600. The van der Waals surface area contributed by atoms with Crippen molar-refractivity contribution in [1.29, 1.82) is 0 Å². The summed E-state index contributed by atoms with van der Waals surface area (Å²) >= 11 is 0. The second kappa shape index (κ2) is 10.9. The van der Waals surface area contributed by atoms with Gasteiger partial charge in [-0.05, 0) is 24.1 Å². The third kappa shape index (κ3) is 7.17. The van der Waals surface area contributed by atoms with E-state index in [0.29, 0.717) is 0 Å². The molecule has 0 aliphatic carbocycles. The predicted octanol–water partition coefficient (Wildman–Crippen LogP) is 1.78. The number of rotatable bonds is 7. The van der Waals surface area contributed by atoms with Gasteiger partial charge in [-0.25, -0.2) is 9.38 Å². The van der Waals surface area contributed by atoms with Gasteiger partial charge in [0, 0.05) is 53.4 Å². The highest BCUT2D eigenvalue weighted by molar-refractivity contribution is 5.84. The molecule has 1 saturated heterocycles. The number of hydrogen-bond donors (Lipinski definition) is 1. The molecule has 1 heterocycles. The van der Waals surface area contributed by atoms with Gasteiger partial charge in [0.1, 0.15) is 12.4 Å². The van der Waals surface area contributed by atoms with Crippen LogP contribution < -0.4 is 5.32 Å². The van der Waals surface area contributed by atoms with Gasteiger partial charge in [0.2, 0.25) is 5.91 Å². The van der Waals surface area contributed by atoms with E-state index in [1.165, 1.54) is 6.07 Å². The molecule has 6 nitrogen and oxygen atoms in total. The number of halogens is 1. The monoisotopic (exact) mass is 377 g/mol. The van der Waals surface area contributed by atoms with E-state index in [9.17, 15) is 9.18 Å². The van der Waals surface area contributed by atoms with Crippen LogP contribution in [0.3, 0.4) is 0 Å². The molecule has 0 radical (unpaired) electrons. The summed E-state index contributed by atoms with van der Waals surface area (Å²) in [6, 6.07) is 6.78. The summed E-state index contributed by atoms with van der Waals surface area (Å²) in [6.07, 6.45) is 2.18. The van der Waals surface area contributed by atoms with Crippen molar-refractivity contribution in [2.24, 2.45) is 4.99 Å². The van der Waals surface area contributed by atoms with Crippen LogP contribution in [-0.2, 0) is 11.3 Å². The number of amides is 1. The van der Waals surface area contributed by atoms with Crippen LogP contribution in [0.25, 0.3) is 0 Å². The van der Waals surface area contributed by atoms with E-state index in [0.717, 1.165) is 63.6 Å². The zero-order chi connectivity index (χ0) is 19.6. The topological polar surface area (TPSA) is 51.2 Å². The summed E-state index contributed by atoms with van der Waals surface area (Å²) in [5.41, 5.74) is 0.995. The molecule has 1 aromatic rings. The number of unbranched alkanes of at least 4 members (excludes halogenated alkanes) is 1. The Labute approximate surface area is 162 Å². The number of nitrogens with zero attached hydrogens (tertiary/aromatic N) is 4. The highest BCUT2D eigenvalue weighted by Crippen LogP contribution is 2.10. The molecule has 1 aliphatic heterocycles. The zero-order valence-corrected chi connectivity index (χ0v) is 16.7. The van der Waals surface area contributed by atoms with Gasteiger partial charge in [-0.1, -0.05) is 25.5 Å². The van der Waals surface area contributed by atoms with E-state index < -0.39 is 0 Å². The molecule has 1 aliphatic rings. The summed E-state index contributed by atoms with van der Waals surface area (Å²) in [4.78, 5) is 22.5. The van der Waals surface area contributed by atoms with Crippen molar-refractivity contribution >= 4 is 11.9 Å². The Kier molecular flexibility index (Phi) is 8.51. The number of nitrogens with one attached hydrogen (secondary N) is 1. The minimum absolute atomic E-state index is 0.00506. The highest BCUT2D eigenvalue weighted by atomic mass is 19.1. The SMILES string of the molecule is CCCCNC(=NCC(=O)N(C)C)N1CCN(Cc2cccc(F)c2)CC1. The smallest absolute Gasteiger partial charge is 0.243 e. The largest absolute Gasteiger partial charge is 0.356 e. The second-order valence-corrected chi connectivity index (χ2v) is 7.10. The average Bonchev–Trinajstić information content (AvgIpc) is 2.65. The quantitative estimate of drug-likeness (QED) is 0.447. The van der Waals surface area contributed by atoms with Crippen LogP contribution in [0.1, 0.15) is 25.3 Å². The lowest BCUT2D eigenvalue weighted by molar-refractivity contribution is -0.127. The molecule has 1 N–H and O–H groups in total. The maximum atomic E-state index is 13.4. The van der Waals surface area contributed by atoms with E-state index in [4.69, 9.17) is 0 Å². The van der Waals surface area contributed by atoms with E-state index in [1.54, 1.807) is 31.1 Å². The van der Waals surface area contributed by atoms with Crippen LogP contribution in [0.2, 0.25) is 0 Å². The first-order chi connectivity index (χ1) is 13.0. The predicted molar refractivity (Wildman–Crippen MR) is 107 cm³/mol. The Balaban J connectivity index is 1.91. The third-order valence-electron chi connectivity index (χ3n) is 4.64. The molecule has 7 heteroatoms. The van der Waals surface area contributed by atoms with Crippen molar-refractivity contribution in [3.05, 3.63) is 35.6 Å². The highest BCUT2D eigenvalue weighted by Gasteiger charge is 2.20. The van der Waals surface area contributed by atoms with Crippen LogP contribution in [0.5, 0.6) is 0 Å². The Bertz CT molecular complexity index is 627. The standard InChI is InChI=1S/C20H32FN5O/c1-4-5-9-22-20(23-15-19(27)24(2)3)26-12-10-25(11-13-26)16-17-7-6-8-18(21)14-17/h6-8,14H,4-5,9-13,15-16H2,1-3H3,(H,22,23). The van der Waals surface area contributed by atoms with Crippen LogP contribution in [0, 0.1) is 5.82 Å². The van der Waals surface area contributed by atoms with Gasteiger partial charge < -0.3 is 15.1 Å². The number of aliphatic imine (C=N–C) groups is 1. The average molecular weight is 378 g/mol. The van der Waals surface area contributed by atoms with Gasteiger partial charge in [-0.3, -0.25) is 9.69 Å². The van der Waals surface area contributed by atoms with Gasteiger partial charge in [0.25, 0.3) is 0 Å². The number of guanidine groups is 1. The Morgan fingerprint density at radius 1 is 1.26 bits per heavy atom. The van der Waals surface area contributed by atoms with Gasteiger partial charge in [0.05, 0.1) is 0 Å². The molecule has 0 unspecified atom stereocenters. The minimum Gasteiger partial charge on any atom is -0.356 e. The summed E-state index contributed by atoms with van der Waals surface area (Å²) in [5.74, 6) is 0.616. The minimum atomic E-state index is -0.189. The summed E-state index contributed by atoms with van der Waals surface area (Å²) in [6.45, 7) is 7.35. The molecule has 27 heavy (non-hydrogen) atoms. The lowest BCUT2D eigenvalue weighted by Crippen LogP contribution is -2.52. The normalized spacial score (nSPS) is 15.7. The molecule has 150 valence electrons. The Morgan fingerprint density at radius 2 is 2.00 bits per heavy atom. The number of hydrogen-bond acceptors (Lipinski definition) is 3. The van der Waals surface area contributed by atoms with Crippen LogP contribution in [0.4, 0.5) is 4.39 Å². The molecule has 0 atom stereocenters. The Hall–Kier alpha value is -2.15. The molecule has 0 spiro atoms. The van der Waals surface area contributed by atoms with Gasteiger partial charge in [-0.15, -0.1) is 0 Å². The van der Waals surface area contributed by atoms with Crippen molar-refractivity contribution in [2.45, 2.75) is 26.3 Å². The lowest BCUT2D eigenvalue weighted by Gasteiger charge is -2.36. The molecule has 2 rings (SSSR count). The van der Waals surface area contributed by atoms with E-state index >= 15 is 0 Å². The third-order valence-corrected chi connectivity index (χ3v) is 4.64. The molecular weight excluding hydrogens is 345 g/mol. The van der Waals surface area contributed by atoms with Crippen molar-refractivity contribution in [3.8, 4) is 0 Å². The van der Waals surface area contributed by atoms with E-state index in [2.05, 4.69) is 27.0 Å². The fourth-order valence-electron chi connectivity index (χ4n) is 2.94.